The summed E-state index contributed by atoms with van der Waals surface area (Å²) in [4.78, 5) is 12.6. The molecule has 0 saturated heterocycles. The second kappa shape index (κ2) is 5.84. The van der Waals surface area contributed by atoms with E-state index in [1.165, 1.54) is 12.3 Å². The van der Waals surface area contributed by atoms with Gasteiger partial charge < -0.3 is 9.64 Å². The lowest BCUT2D eigenvalue weighted by molar-refractivity contribution is -0.131. The van der Waals surface area contributed by atoms with Crippen molar-refractivity contribution < 1.29 is 9.53 Å². The predicted molar refractivity (Wildman–Crippen MR) is 48.3 cm³/mol. The topological polar surface area (TPSA) is 53.3 Å². The van der Waals surface area contributed by atoms with E-state index < -0.39 is 5.97 Å². The summed E-state index contributed by atoms with van der Waals surface area (Å²) >= 11 is 0. The zero-order valence-electron chi connectivity index (χ0n) is 7.94. The Labute approximate surface area is 77.7 Å². The van der Waals surface area contributed by atoms with Crippen molar-refractivity contribution in [1.82, 2.24) is 4.90 Å². The number of nitrogens with zero attached hydrogens (tertiary/aromatic N) is 2. The maximum atomic E-state index is 10.7. The van der Waals surface area contributed by atoms with Gasteiger partial charge >= 0.3 is 5.97 Å². The van der Waals surface area contributed by atoms with Crippen LogP contribution >= 0.6 is 0 Å². The summed E-state index contributed by atoms with van der Waals surface area (Å²) in [6, 6.07) is 0. The number of allylic oxidation sites excluding steroid dienone is 2. The highest BCUT2D eigenvalue weighted by atomic mass is 16.5. The van der Waals surface area contributed by atoms with Gasteiger partial charge in [0, 0.05) is 20.2 Å². The van der Waals surface area contributed by atoms with Gasteiger partial charge in [0.05, 0.1) is 0 Å². The van der Waals surface area contributed by atoms with Crippen LogP contribution in [-0.4, -0.2) is 25.0 Å². The fourth-order valence-electron chi connectivity index (χ4n) is 0.575. The Bertz CT molecular complexity index is 272. The number of rotatable bonds is 3. The Morgan fingerprint density at radius 3 is 2.62 bits per heavy atom. The molecule has 0 aromatic rings. The molecule has 0 unspecified atom stereocenters. The Morgan fingerprint density at radius 1 is 1.54 bits per heavy atom. The third-order valence-electron chi connectivity index (χ3n) is 1.13. The third kappa shape index (κ3) is 6.63. The van der Waals surface area contributed by atoms with E-state index in [0.717, 1.165) is 5.57 Å². The SMILES string of the molecule is CC(C=CN(C)C)=CC(=O)OC#N. The average Bonchev–Trinajstić information content (AvgIpc) is 2.01. The number of carbonyl (C=O) groups is 1. The Balaban J connectivity index is 4.18. The molecular formula is C9H12N2O2. The summed E-state index contributed by atoms with van der Waals surface area (Å²) in [6.45, 7) is 1.75. The first-order chi connectivity index (χ1) is 6.06. The van der Waals surface area contributed by atoms with Crippen molar-refractivity contribution in [3.05, 3.63) is 23.9 Å². The van der Waals surface area contributed by atoms with E-state index >= 15 is 0 Å². The van der Waals surface area contributed by atoms with Crippen molar-refractivity contribution in [1.29, 1.82) is 5.26 Å². The molecule has 0 atom stereocenters. The normalized spacial score (nSPS) is 11.1. The van der Waals surface area contributed by atoms with Gasteiger partial charge in [0.15, 0.2) is 0 Å². The maximum absolute atomic E-state index is 10.7. The van der Waals surface area contributed by atoms with Gasteiger partial charge in [0.25, 0.3) is 6.26 Å². The quantitative estimate of drug-likeness (QED) is 0.282. The van der Waals surface area contributed by atoms with Crippen LogP contribution in [-0.2, 0) is 9.53 Å². The number of ether oxygens (including phenoxy) is 1. The monoisotopic (exact) mass is 180 g/mol. The highest BCUT2D eigenvalue weighted by Gasteiger charge is 1.95. The second-order valence-electron chi connectivity index (χ2n) is 2.68. The van der Waals surface area contributed by atoms with Crippen LogP contribution in [0.3, 0.4) is 0 Å². The molecule has 0 aliphatic rings. The van der Waals surface area contributed by atoms with Gasteiger partial charge in [-0.05, 0) is 24.8 Å². The largest absolute Gasteiger partial charge is 0.383 e. The zero-order chi connectivity index (χ0) is 10.3. The Kier molecular flexibility index (Phi) is 5.05. The first kappa shape index (κ1) is 11.2. The molecule has 0 aromatic carbocycles. The summed E-state index contributed by atoms with van der Waals surface area (Å²) < 4.78 is 4.06. The molecule has 0 fully saturated rings. The van der Waals surface area contributed by atoms with Gasteiger partial charge in [-0.2, -0.15) is 0 Å². The van der Waals surface area contributed by atoms with Gasteiger partial charge in [-0.3, -0.25) is 0 Å². The minimum atomic E-state index is -0.650. The lowest BCUT2D eigenvalue weighted by atomic mass is 10.3. The first-order valence-electron chi connectivity index (χ1n) is 3.69. The summed E-state index contributed by atoms with van der Waals surface area (Å²) in [7, 11) is 3.74. The van der Waals surface area contributed by atoms with E-state index in [1.54, 1.807) is 19.2 Å². The van der Waals surface area contributed by atoms with Crippen LogP contribution in [0.25, 0.3) is 0 Å². The number of hydrogen-bond donors (Lipinski definition) is 0. The summed E-state index contributed by atoms with van der Waals surface area (Å²) in [5.41, 5.74) is 0.731. The standard InChI is InChI=1S/C9H12N2O2/c1-8(4-5-11(2)3)6-9(12)13-7-10/h4-6H,1-3H3. The maximum Gasteiger partial charge on any atom is 0.346 e. The first-order valence-corrected chi connectivity index (χ1v) is 3.69. The molecule has 0 spiro atoms. The van der Waals surface area contributed by atoms with Gasteiger partial charge in [0.2, 0.25) is 0 Å². The number of nitriles is 1. The lowest BCUT2D eigenvalue weighted by Gasteiger charge is -2.02. The molecular weight excluding hydrogens is 168 g/mol. The van der Waals surface area contributed by atoms with E-state index in [2.05, 4.69) is 4.74 Å². The number of esters is 1. The van der Waals surface area contributed by atoms with Crippen molar-refractivity contribution in [3.63, 3.8) is 0 Å². The number of carbonyl (C=O) groups excluding carboxylic acids is 1. The van der Waals surface area contributed by atoms with Gasteiger partial charge in [-0.25, -0.2) is 4.79 Å². The molecule has 0 N–H and O–H groups in total. The van der Waals surface area contributed by atoms with Crippen molar-refractivity contribution in [2.45, 2.75) is 6.92 Å². The molecule has 0 heterocycles. The zero-order valence-corrected chi connectivity index (χ0v) is 7.94. The molecule has 0 amide bonds. The third-order valence-corrected chi connectivity index (χ3v) is 1.13. The van der Waals surface area contributed by atoms with Crippen molar-refractivity contribution >= 4 is 5.97 Å². The van der Waals surface area contributed by atoms with E-state index in [1.807, 2.05) is 19.0 Å². The fraction of sp³-hybridized carbons (Fsp3) is 0.333. The lowest BCUT2D eigenvalue weighted by Crippen LogP contribution is -2.00. The minimum Gasteiger partial charge on any atom is -0.383 e. The van der Waals surface area contributed by atoms with Crippen molar-refractivity contribution in [3.8, 4) is 6.26 Å². The van der Waals surface area contributed by atoms with Gasteiger partial charge in [0.1, 0.15) is 0 Å². The van der Waals surface area contributed by atoms with E-state index in [4.69, 9.17) is 5.26 Å². The molecule has 4 heteroatoms. The second-order valence-corrected chi connectivity index (χ2v) is 2.68. The Hall–Kier alpha value is -1.76. The summed E-state index contributed by atoms with van der Waals surface area (Å²) in [5, 5.41) is 8.02. The van der Waals surface area contributed by atoms with E-state index in [0.29, 0.717) is 0 Å². The van der Waals surface area contributed by atoms with Crippen LogP contribution in [0.4, 0.5) is 0 Å². The van der Waals surface area contributed by atoms with Crippen LogP contribution in [0.2, 0.25) is 0 Å². The smallest absolute Gasteiger partial charge is 0.346 e. The molecule has 70 valence electrons. The molecule has 0 saturated carbocycles. The molecule has 13 heavy (non-hydrogen) atoms. The van der Waals surface area contributed by atoms with Crippen LogP contribution < -0.4 is 0 Å². The summed E-state index contributed by atoms with van der Waals surface area (Å²) in [6.07, 6.45) is 6.11. The molecule has 0 bridgehead atoms. The van der Waals surface area contributed by atoms with E-state index in [-0.39, 0.29) is 0 Å². The molecule has 0 radical (unpaired) electrons. The van der Waals surface area contributed by atoms with E-state index in [9.17, 15) is 4.79 Å². The Morgan fingerprint density at radius 2 is 2.15 bits per heavy atom. The van der Waals surface area contributed by atoms with Crippen LogP contribution in [0.1, 0.15) is 6.92 Å². The molecule has 0 aliphatic carbocycles. The van der Waals surface area contributed by atoms with Crippen LogP contribution in [0.15, 0.2) is 23.9 Å². The van der Waals surface area contributed by atoms with Crippen LogP contribution in [0.5, 0.6) is 0 Å². The molecule has 0 rings (SSSR count). The molecule has 0 aromatic heterocycles. The van der Waals surface area contributed by atoms with Crippen LogP contribution in [0, 0.1) is 11.5 Å². The minimum absolute atomic E-state index is 0.650. The highest BCUT2D eigenvalue weighted by Crippen LogP contribution is 1.96. The number of hydrogen-bond acceptors (Lipinski definition) is 4. The average molecular weight is 180 g/mol. The summed E-state index contributed by atoms with van der Waals surface area (Å²) in [5.74, 6) is -0.650. The molecule has 0 aliphatic heterocycles. The molecule has 4 nitrogen and oxygen atoms in total. The van der Waals surface area contributed by atoms with Gasteiger partial charge in [-0.15, -0.1) is 5.26 Å². The van der Waals surface area contributed by atoms with Crippen molar-refractivity contribution in [2.75, 3.05) is 14.1 Å². The van der Waals surface area contributed by atoms with Gasteiger partial charge in [-0.1, -0.05) is 0 Å². The van der Waals surface area contributed by atoms with Crippen molar-refractivity contribution in [2.24, 2.45) is 0 Å². The predicted octanol–water partition coefficient (Wildman–Crippen LogP) is 1.03. The highest BCUT2D eigenvalue weighted by molar-refractivity contribution is 5.83. The fourth-order valence-corrected chi connectivity index (χ4v) is 0.575.